The molecule has 0 saturated heterocycles. The van der Waals surface area contributed by atoms with Gasteiger partial charge >= 0.3 is 257 Å². The van der Waals surface area contributed by atoms with Gasteiger partial charge in [-0.1, -0.05) is 59.3 Å². The van der Waals surface area contributed by atoms with Crippen molar-refractivity contribution in [3.63, 3.8) is 0 Å². The van der Waals surface area contributed by atoms with Crippen molar-refractivity contribution in [3.8, 4) is 0 Å². The molecule has 0 saturated carbocycles. The third kappa shape index (κ3) is 38.4. The minimum atomic E-state index is -4.20. The van der Waals surface area contributed by atoms with Crippen molar-refractivity contribution in [1.82, 2.24) is 0 Å². The molecule has 0 N–H and O–H groups in total. The fourth-order valence-corrected chi connectivity index (χ4v) is 10.8. The Labute approximate surface area is 314 Å². The maximum atomic E-state index is 12.6. The van der Waals surface area contributed by atoms with Crippen molar-refractivity contribution in [2.75, 3.05) is 0 Å². The normalized spacial score (nSPS) is 11.1. The average Bonchev–Trinajstić information content (AvgIpc) is 3.08. The molecule has 0 aliphatic heterocycles. The summed E-state index contributed by atoms with van der Waals surface area (Å²) in [6.07, 6.45) is 40.8. The Kier molecular flexibility index (Phi) is 39.6. The molecule has 6 nitrogen and oxygen atoms in total. The molecule has 0 bridgehead atoms. The van der Waals surface area contributed by atoms with Crippen molar-refractivity contribution in [1.29, 1.82) is 0 Å². The molecule has 0 aliphatic carbocycles. The van der Waals surface area contributed by atoms with Gasteiger partial charge in [0.15, 0.2) is 0 Å². The van der Waals surface area contributed by atoms with E-state index >= 15 is 0 Å². The summed E-state index contributed by atoms with van der Waals surface area (Å²) in [7, 11) is 0. The molecule has 0 aromatic rings. The Bertz CT molecular complexity index is 635. The van der Waals surface area contributed by atoms with Crippen LogP contribution in [0.2, 0.25) is 0 Å². The molecule has 0 heterocycles. The molecule has 0 aromatic heterocycles. The summed E-state index contributed by atoms with van der Waals surface area (Å²) in [5.41, 5.74) is 0. The molecular formula is C42H81O6Tl. The zero-order valence-electron chi connectivity index (χ0n) is 33.0. The Morgan fingerprint density at radius 2 is 0.449 bits per heavy atom. The number of rotatable bonds is 39. The fraction of sp³-hybridized carbons (Fsp3) is 0.929. The Morgan fingerprint density at radius 1 is 0.286 bits per heavy atom. The van der Waals surface area contributed by atoms with Crippen LogP contribution in [0.3, 0.4) is 0 Å². The van der Waals surface area contributed by atoms with Gasteiger partial charge in [-0.15, -0.1) is 0 Å². The SMILES string of the molecule is CCCCCCCCCCCCCC(=O)[O][Tl]([O]C(=O)CCCCCCCCCCCCC)[O]C(=O)CCCCCCCCCCCCC. The van der Waals surface area contributed by atoms with E-state index in [-0.39, 0.29) is 17.9 Å². The van der Waals surface area contributed by atoms with Crippen LogP contribution in [-0.4, -0.2) is 42.0 Å². The zero-order chi connectivity index (χ0) is 35.9. The molecule has 0 fully saturated rings. The minimum Gasteiger partial charge on any atom is -0.0654 e. The van der Waals surface area contributed by atoms with Gasteiger partial charge in [-0.25, -0.2) is 0 Å². The number of hydrogen-bond acceptors (Lipinski definition) is 6. The number of carbonyl (C=O) groups excluding carboxylic acids is 3. The predicted molar refractivity (Wildman–Crippen MR) is 207 cm³/mol. The summed E-state index contributed by atoms with van der Waals surface area (Å²) >= 11 is -4.20. The fourth-order valence-electron chi connectivity index (χ4n) is 6.37. The van der Waals surface area contributed by atoms with Crippen LogP contribution in [0.25, 0.3) is 0 Å². The van der Waals surface area contributed by atoms with Crippen LogP contribution in [0.4, 0.5) is 0 Å². The van der Waals surface area contributed by atoms with Gasteiger partial charge in [0.05, 0.1) is 0 Å². The Balaban J connectivity index is 4.35. The third-order valence-corrected chi connectivity index (χ3v) is 14.9. The summed E-state index contributed by atoms with van der Waals surface area (Å²) in [6, 6.07) is 0. The van der Waals surface area contributed by atoms with E-state index in [0.29, 0.717) is 19.3 Å². The van der Waals surface area contributed by atoms with Crippen LogP contribution >= 0.6 is 0 Å². The molecule has 0 rings (SSSR count). The van der Waals surface area contributed by atoms with Gasteiger partial charge in [-0.2, -0.15) is 0 Å². The van der Waals surface area contributed by atoms with Gasteiger partial charge in [-0.05, 0) is 0 Å². The van der Waals surface area contributed by atoms with Gasteiger partial charge in [0.2, 0.25) is 0 Å². The second kappa shape index (κ2) is 40.1. The van der Waals surface area contributed by atoms with E-state index in [9.17, 15) is 14.4 Å². The number of hydrogen-bond donors (Lipinski definition) is 0. The number of unbranched alkanes of at least 4 members (excludes halogenated alkanes) is 30. The van der Waals surface area contributed by atoms with Crippen LogP contribution in [0.5, 0.6) is 0 Å². The molecule has 7 heteroatoms. The maximum absolute atomic E-state index is 12.6. The molecule has 288 valence electrons. The van der Waals surface area contributed by atoms with Gasteiger partial charge in [-0.3, -0.25) is 0 Å². The van der Waals surface area contributed by atoms with Crippen LogP contribution in [-0.2, 0) is 22.4 Å². The van der Waals surface area contributed by atoms with E-state index in [2.05, 4.69) is 20.8 Å². The second-order valence-electron chi connectivity index (χ2n) is 14.6. The van der Waals surface area contributed by atoms with E-state index in [4.69, 9.17) is 8.06 Å². The van der Waals surface area contributed by atoms with Gasteiger partial charge < -0.3 is 0 Å². The monoisotopic (exact) mass is 887 g/mol. The van der Waals surface area contributed by atoms with Gasteiger partial charge in [0.1, 0.15) is 0 Å². The molecule has 0 spiro atoms. The van der Waals surface area contributed by atoms with Crippen molar-refractivity contribution >= 4 is 42.0 Å². The topological polar surface area (TPSA) is 78.9 Å². The molecule has 49 heavy (non-hydrogen) atoms. The Hall–Kier alpha value is -0.668. The van der Waals surface area contributed by atoms with E-state index in [1.54, 1.807) is 0 Å². The third-order valence-electron chi connectivity index (χ3n) is 9.64. The van der Waals surface area contributed by atoms with Crippen molar-refractivity contribution in [2.24, 2.45) is 0 Å². The minimum absolute atomic E-state index is 0.291. The predicted octanol–water partition coefficient (Wildman–Crippen LogP) is 13.7. The van der Waals surface area contributed by atoms with Crippen molar-refractivity contribution in [3.05, 3.63) is 0 Å². The molecule has 0 aliphatic rings. The van der Waals surface area contributed by atoms with E-state index in [1.807, 2.05) is 0 Å². The van der Waals surface area contributed by atoms with E-state index in [1.165, 1.54) is 154 Å². The first-order valence-electron chi connectivity index (χ1n) is 21.6. The summed E-state index contributed by atoms with van der Waals surface area (Å²) in [6.45, 7) is 6.75. The van der Waals surface area contributed by atoms with Crippen molar-refractivity contribution in [2.45, 2.75) is 252 Å². The van der Waals surface area contributed by atoms with Crippen LogP contribution in [0.1, 0.15) is 252 Å². The van der Waals surface area contributed by atoms with Gasteiger partial charge in [0, 0.05) is 0 Å². The zero-order valence-corrected chi connectivity index (χ0v) is 37.5. The van der Waals surface area contributed by atoms with Crippen molar-refractivity contribution < 1.29 is 22.4 Å². The summed E-state index contributed by atoms with van der Waals surface area (Å²) in [5.74, 6) is -1.15. The van der Waals surface area contributed by atoms with Crippen LogP contribution in [0, 0.1) is 0 Å². The van der Waals surface area contributed by atoms with Gasteiger partial charge in [0.25, 0.3) is 0 Å². The molecule has 0 atom stereocenters. The molecule has 0 amide bonds. The van der Waals surface area contributed by atoms with Crippen LogP contribution in [0.15, 0.2) is 0 Å². The summed E-state index contributed by atoms with van der Waals surface area (Å²) in [4.78, 5) is 37.9. The summed E-state index contributed by atoms with van der Waals surface area (Å²) in [5, 5.41) is 0. The Morgan fingerprint density at radius 3 is 0.633 bits per heavy atom. The second-order valence-corrected chi connectivity index (χ2v) is 19.6. The standard InChI is InChI=1S/3C14H28O2.Tl/c3*1-2-3-4-5-6-7-8-9-10-11-12-13-14(15)16;/h3*2-13H2,1H3,(H,15,16);/q;;;+3/p-3. The van der Waals surface area contributed by atoms with E-state index in [0.717, 1.165) is 57.8 Å². The number of carbonyl (C=O) groups is 3. The quantitative estimate of drug-likeness (QED) is 0.0452. The summed E-state index contributed by atoms with van der Waals surface area (Å²) < 4.78 is 16.8. The smallest absolute Gasteiger partial charge is 0.0654 e. The molecular weight excluding hydrogens is 805 g/mol. The first-order chi connectivity index (χ1) is 24.0. The molecule has 0 unspecified atom stereocenters. The average molecular weight is 886 g/mol. The molecule has 0 radical (unpaired) electrons. The first-order valence-corrected chi connectivity index (χ1v) is 27.1. The first kappa shape index (κ1) is 48.3. The van der Waals surface area contributed by atoms with Crippen LogP contribution < -0.4 is 0 Å². The molecule has 0 aromatic carbocycles. The van der Waals surface area contributed by atoms with E-state index < -0.39 is 24.1 Å².